The number of methoxy groups -OCH3 is 2. The second-order valence-corrected chi connectivity index (χ2v) is 8.84. The molecule has 142 valence electrons. The highest BCUT2D eigenvalue weighted by Crippen LogP contribution is 2.40. The van der Waals surface area contributed by atoms with Crippen LogP contribution in [0.25, 0.3) is 0 Å². The Kier molecular flexibility index (Phi) is 5.08. The zero-order valence-electron chi connectivity index (χ0n) is 14.7. The van der Waals surface area contributed by atoms with Crippen LogP contribution in [0, 0.1) is 11.8 Å². The van der Waals surface area contributed by atoms with Crippen LogP contribution >= 0.6 is 0 Å². The highest BCUT2D eigenvalue weighted by molar-refractivity contribution is 7.91. The normalized spacial score (nSPS) is 26.0. The first kappa shape index (κ1) is 18.5. The van der Waals surface area contributed by atoms with Crippen molar-refractivity contribution in [1.29, 1.82) is 0 Å². The summed E-state index contributed by atoms with van der Waals surface area (Å²) in [6.07, 6.45) is 0.877. The smallest absolute Gasteiger partial charge is 0.228 e. The largest absolute Gasteiger partial charge is 0.497 e. The summed E-state index contributed by atoms with van der Waals surface area (Å²) in [5.74, 6) is -0.226. The molecule has 2 aliphatic rings. The fraction of sp³-hybridized carbons (Fsp3) is 0.529. The lowest BCUT2D eigenvalue weighted by molar-refractivity contribution is -0.125. The molecule has 2 amide bonds. The molecular formula is C17H22N2O6S. The van der Waals surface area contributed by atoms with E-state index in [1.807, 2.05) is 0 Å². The van der Waals surface area contributed by atoms with Gasteiger partial charge in [-0.1, -0.05) is 0 Å². The Morgan fingerprint density at radius 3 is 2.46 bits per heavy atom. The van der Waals surface area contributed by atoms with E-state index in [1.54, 1.807) is 18.2 Å². The SMILES string of the molecule is COc1ccc(OC)c(NC(=O)C2CC2C(=O)NC2CCS(=O)(=O)C2)c1. The van der Waals surface area contributed by atoms with Gasteiger partial charge in [0.1, 0.15) is 11.5 Å². The van der Waals surface area contributed by atoms with E-state index in [-0.39, 0.29) is 29.4 Å². The van der Waals surface area contributed by atoms with Gasteiger partial charge in [-0.25, -0.2) is 8.42 Å². The number of amides is 2. The summed E-state index contributed by atoms with van der Waals surface area (Å²) < 4.78 is 33.3. The number of rotatable bonds is 6. The van der Waals surface area contributed by atoms with Crippen LogP contribution in [-0.4, -0.2) is 52.0 Å². The maximum atomic E-state index is 12.4. The van der Waals surface area contributed by atoms with Gasteiger partial charge in [0.05, 0.1) is 43.2 Å². The maximum absolute atomic E-state index is 12.4. The number of hydrogen-bond donors (Lipinski definition) is 2. The van der Waals surface area contributed by atoms with E-state index in [0.717, 1.165) is 0 Å². The summed E-state index contributed by atoms with van der Waals surface area (Å²) in [7, 11) is -0.0249. The molecule has 1 aliphatic carbocycles. The van der Waals surface area contributed by atoms with E-state index in [4.69, 9.17) is 9.47 Å². The van der Waals surface area contributed by atoms with Crippen molar-refractivity contribution in [2.75, 3.05) is 31.0 Å². The van der Waals surface area contributed by atoms with Crippen LogP contribution in [0.2, 0.25) is 0 Å². The summed E-state index contributed by atoms with van der Waals surface area (Å²) >= 11 is 0. The Balaban J connectivity index is 1.57. The molecule has 9 heteroatoms. The van der Waals surface area contributed by atoms with Gasteiger partial charge in [0.15, 0.2) is 9.84 Å². The number of sulfone groups is 1. The number of anilines is 1. The number of carbonyl (C=O) groups excluding carboxylic acids is 2. The van der Waals surface area contributed by atoms with Crippen molar-refractivity contribution in [1.82, 2.24) is 5.32 Å². The van der Waals surface area contributed by atoms with Crippen LogP contribution in [0.15, 0.2) is 18.2 Å². The molecule has 1 heterocycles. The topological polar surface area (TPSA) is 111 Å². The lowest BCUT2D eigenvalue weighted by atomic mass is 10.2. The lowest BCUT2D eigenvalue weighted by Gasteiger charge is -2.12. The number of hydrogen-bond acceptors (Lipinski definition) is 6. The van der Waals surface area contributed by atoms with Gasteiger partial charge < -0.3 is 20.1 Å². The van der Waals surface area contributed by atoms with E-state index >= 15 is 0 Å². The molecule has 1 aromatic carbocycles. The minimum absolute atomic E-state index is 0.0245. The first-order chi connectivity index (χ1) is 12.3. The highest BCUT2D eigenvalue weighted by atomic mass is 32.2. The van der Waals surface area contributed by atoms with Crippen LogP contribution in [-0.2, 0) is 19.4 Å². The average Bonchev–Trinajstić information content (AvgIpc) is 3.34. The van der Waals surface area contributed by atoms with E-state index in [2.05, 4.69) is 10.6 Å². The quantitative estimate of drug-likeness (QED) is 0.745. The molecular weight excluding hydrogens is 360 g/mol. The second-order valence-electron chi connectivity index (χ2n) is 6.61. The Labute approximate surface area is 152 Å². The first-order valence-electron chi connectivity index (χ1n) is 8.36. The number of nitrogens with one attached hydrogen (secondary N) is 2. The summed E-state index contributed by atoms with van der Waals surface area (Å²) in [6, 6.07) is 4.71. The molecule has 2 N–H and O–H groups in total. The Hall–Kier alpha value is -2.29. The van der Waals surface area contributed by atoms with E-state index in [9.17, 15) is 18.0 Å². The van der Waals surface area contributed by atoms with E-state index < -0.39 is 21.7 Å². The van der Waals surface area contributed by atoms with Crippen LogP contribution in [0.5, 0.6) is 11.5 Å². The third kappa shape index (κ3) is 4.09. The lowest BCUT2D eigenvalue weighted by Crippen LogP contribution is -2.37. The van der Waals surface area contributed by atoms with Crippen LogP contribution in [0.3, 0.4) is 0 Å². The summed E-state index contributed by atoms with van der Waals surface area (Å²) in [5, 5.41) is 5.51. The monoisotopic (exact) mass is 382 g/mol. The zero-order chi connectivity index (χ0) is 18.9. The van der Waals surface area contributed by atoms with Crippen molar-refractivity contribution in [2.24, 2.45) is 11.8 Å². The number of benzene rings is 1. The Morgan fingerprint density at radius 1 is 1.12 bits per heavy atom. The maximum Gasteiger partial charge on any atom is 0.228 e. The van der Waals surface area contributed by atoms with Crippen LogP contribution in [0.1, 0.15) is 12.8 Å². The second kappa shape index (κ2) is 7.14. The summed E-state index contributed by atoms with van der Waals surface area (Å²) in [4.78, 5) is 24.6. The molecule has 1 saturated carbocycles. The van der Waals surface area contributed by atoms with Gasteiger partial charge in [0.2, 0.25) is 11.8 Å². The Bertz CT molecular complexity index is 823. The molecule has 0 radical (unpaired) electrons. The minimum Gasteiger partial charge on any atom is -0.497 e. The van der Waals surface area contributed by atoms with Gasteiger partial charge in [0, 0.05) is 12.1 Å². The average molecular weight is 382 g/mol. The van der Waals surface area contributed by atoms with Gasteiger partial charge in [-0.15, -0.1) is 0 Å². The van der Waals surface area contributed by atoms with E-state index in [1.165, 1.54) is 14.2 Å². The first-order valence-corrected chi connectivity index (χ1v) is 10.2. The zero-order valence-corrected chi connectivity index (χ0v) is 15.5. The van der Waals surface area contributed by atoms with Gasteiger partial charge in [-0.3, -0.25) is 9.59 Å². The van der Waals surface area contributed by atoms with Crippen LogP contribution < -0.4 is 20.1 Å². The number of ether oxygens (including phenoxy) is 2. The highest BCUT2D eigenvalue weighted by Gasteiger charge is 2.49. The van der Waals surface area contributed by atoms with Gasteiger partial charge in [-0.05, 0) is 25.0 Å². The predicted molar refractivity (Wildman–Crippen MR) is 95.0 cm³/mol. The predicted octanol–water partition coefficient (Wildman–Crippen LogP) is 0.582. The van der Waals surface area contributed by atoms with Gasteiger partial charge >= 0.3 is 0 Å². The fourth-order valence-corrected chi connectivity index (χ4v) is 4.80. The van der Waals surface area contributed by atoms with Crippen LogP contribution in [0.4, 0.5) is 5.69 Å². The molecule has 1 aliphatic heterocycles. The van der Waals surface area contributed by atoms with Crippen molar-refractivity contribution < 1.29 is 27.5 Å². The van der Waals surface area contributed by atoms with Gasteiger partial charge in [-0.2, -0.15) is 0 Å². The van der Waals surface area contributed by atoms with Crippen molar-refractivity contribution in [3.8, 4) is 11.5 Å². The molecule has 1 saturated heterocycles. The fourth-order valence-electron chi connectivity index (χ4n) is 3.13. The minimum atomic E-state index is -3.05. The van der Waals surface area contributed by atoms with E-state index in [0.29, 0.717) is 30.0 Å². The standard InChI is InChI=1S/C17H22N2O6S/c1-24-11-3-4-15(25-2)14(7-11)19-17(21)13-8-12(13)16(20)18-10-5-6-26(22,23)9-10/h3-4,7,10,12-13H,5-6,8-9H2,1-2H3,(H,18,20)(H,19,21). The molecule has 26 heavy (non-hydrogen) atoms. The molecule has 0 bridgehead atoms. The summed E-state index contributed by atoms with van der Waals surface area (Å²) in [6.45, 7) is 0. The molecule has 1 aromatic rings. The molecule has 0 aromatic heterocycles. The summed E-state index contributed by atoms with van der Waals surface area (Å²) in [5.41, 5.74) is 0.477. The van der Waals surface area contributed by atoms with Crippen molar-refractivity contribution >= 4 is 27.3 Å². The molecule has 3 rings (SSSR count). The third-order valence-electron chi connectivity index (χ3n) is 4.71. The van der Waals surface area contributed by atoms with Gasteiger partial charge in [0.25, 0.3) is 0 Å². The molecule has 2 fully saturated rings. The molecule has 3 atom stereocenters. The molecule has 8 nitrogen and oxygen atoms in total. The van der Waals surface area contributed by atoms with Crippen molar-refractivity contribution in [3.05, 3.63) is 18.2 Å². The van der Waals surface area contributed by atoms with Crippen molar-refractivity contribution in [2.45, 2.75) is 18.9 Å². The Morgan fingerprint density at radius 2 is 1.85 bits per heavy atom. The van der Waals surface area contributed by atoms with Crippen molar-refractivity contribution in [3.63, 3.8) is 0 Å². The number of carbonyl (C=O) groups is 2. The molecule has 0 spiro atoms. The third-order valence-corrected chi connectivity index (χ3v) is 6.48. The molecule has 3 unspecified atom stereocenters.